The van der Waals surface area contributed by atoms with Crippen LogP contribution in [0.5, 0.6) is 0 Å². The Hall–Kier alpha value is -1.13. The number of nitrogens with zero attached hydrogens (tertiary/aromatic N) is 2. The molecule has 0 radical (unpaired) electrons. The maximum absolute atomic E-state index is 12.2. The Balaban J connectivity index is 2.09. The second-order valence-corrected chi connectivity index (χ2v) is 4.71. The van der Waals surface area contributed by atoms with E-state index in [1.54, 1.807) is 11.0 Å². The number of pyridine rings is 1. The van der Waals surface area contributed by atoms with Crippen molar-refractivity contribution >= 4 is 17.5 Å². The van der Waals surface area contributed by atoms with E-state index in [0.29, 0.717) is 30.1 Å². The number of carbonyl (C=O) groups excluding carboxylic acids is 1. The highest BCUT2D eigenvalue weighted by Gasteiger charge is 2.20. The van der Waals surface area contributed by atoms with Crippen molar-refractivity contribution in [1.82, 2.24) is 9.88 Å². The zero-order valence-corrected chi connectivity index (χ0v) is 10.2. The van der Waals surface area contributed by atoms with Crippen LogP contribution in [0.3, 0.4) is 0 Å². The van der Waals surface area contributed by atoms with Crippen LogP contribution in [0, 0.1) is 0 Å². The van der Waals surface area contributed by atoms with Crippen LogP contribution in [0.25, 0.3) is 0 Å². The lowest BCUT2D eigenvalue weighted by Gasteiger charge is -2.20. The lowest BCUT2D eigenvalue weighted by molar-refractivity contribution is 0.0752. The smallest absolute Gasteiger partial charge is 0.255 e. The van der Waals surface area contributed by atoms with Gasteiger partial charge in [0.1, 0.15) is 0 Å². The van der Waals surface area contributed by atoms with E-state index >= 15 is 0 Å². The summed E-state index contributed by atoms with van der Waals surface area (Å²) in [6.07, 6.45) is 4.98. The Morgan fingerprint density at radius 1 is 1.41 bits per heavy atom. The first-order chi connectivity index (χ1) is 8.16. The SMILES string of the molecule is O=C(c1cncc(Cl)c1)N1CCCC(O)CC1. The van der Waals surface area contributed by atoms with Gasteiger partial charge >= 0.3 is 0 Å². The minimum atomic E-state index is -0.287. The van der Waals surface area contributed by atoms with E-state index in [0.717, 1.165) is 12.8 Å². The summed E-state index contributed by atoms with van der Waals surface area (Å²) < 4.78 is 0. The number of carbonyl (C=O) groups is 1. The van der Waals surface area contributed by atoms with E-state index in [1.807, 2.05) is 0 Å². The van der Waals surface area contributed by atoms with E-state index in [2.05, 4.69) is 4.98 Å². The minimum absolute atomic E-state index is 0.0610. The molecule has 0 bridgehead atoms. The molecule has 1 aromatic rings. The van der Waals surface area contributed by atoms with Crippen molar-refractivity contribution < 1.29 is 9.90 Å². The highest BCUT2D eigenvalue weighted by molar-refractivity contribution is 6.30. The molecule has 1 amide bonds. The van der Waals surface area contributed by atoms with Crippen LogP contribution in [-0.4, -0.2) is 40.1 Å². The number of likely N-dealkylation sites (tertiary alicyclic amines) is 1. The molecular weight excluding hydrogens is 240 g/mol. The van der Waals surface area contributed by atoms with Gasteiger partial charge in [-0.05, 0) is 25.3 Å². The summed E-state index contributed by atoms with van der Waals surface area (Å²) in [6.45, 7) is 1.27. The topological polar surface area (TPSA) is 53.4 Å². The molecule has 1 saturated heterocycles. The van der Waals surface area contributed by atoms with Crippen molar-refractivity contribution in [2.45, 2.75) is 25.4 Å². The van der Waals surface area contributed by atoms with Crippen LogP contribution in [0.2, 0.25) is 5.02 Å². The molecule has 1 aliphatic heterocycles. The van der Waals surface area contributed by atoms with Gasteiger partial charge in [0.05, 0.1) is 16.7 Å². The zero-order valence-electron chi connectivity index (χ0n) is 9.47. The van der Waals surface area contributed by atoms with Gasteiger partial charge in [0, 0.05) is 25.5 Å². The highest BCUT2D eigenvalue weighted by atomic mass is 35.5. The zero-order chi connectivity index (χ0) is 12.3. The molecule has 0 saturated carbocycles. The van der Waals surface area contributed by atoms with Crippen molar-refractivity contribution in [2.24, 2.45) is 0 Å². The second-order valence-electron chi connectivity index (χ2n) is 4.27. The lowest BCUT2D eigenvalue weighted by atomic mass is 10.2. The molecule has 1 fully saturated rings. The number of rotatable bonds is 1. The molecule has 5 heteroatoms. The van der Waals surface area contributed by atoms with Crippen molar-refractivity contribution in [3.63, 3.8) is 0 Å². The first-order valence-corrected chi connectivity index (χ1v) is 6.12. The summed E-state index contributed by atoms with van der Waals surface area (Å²) in [5.74, 6) is -0.0610. The summed E-state index contributed by atoms with van der Waals surface area (Å²) >= 11 is 5.81. The van der Waals surface area contributed by atoms with Crippen molar-refractivity contribution in [3.8, 4) is 0 Å². The van der Waals surface area contributed by atoms with E-state index in [1.165, 1.54) is 12.4 Å². The van der Waals surface area contributed by atoms with Gasteiger partial charge in [0.2, 0.25) is 0 Å². The van der Waals surface area contributed by atoms with Crippen LogP contribution in [0.15, 0.2) is 18.5 Å². The largest absolute Gasteiger partial charge is 0.393 e. The Kier molecular flexibility index (Phi) is 3.97. The van der Waals surface area contributed by atoms with Crippen LogP contribution in [0.4, 0.5) is 0 Å². The molecule has 92 valence electrons. The second kappa shape index (κ2) is 5.47. The van der Waals surface area contributed by atoms with E-state index < -0.39 is 0 Å². The molecule has 1 aromatic heterocycles. The monoisotopic (exact) mass is 254 g/mol. The van der Waals surface area contributed by atoms with Crippen LogP contribution in [-0.2, 0) is 0 Å². The van der Waals surface area contributed by atoms with E-state index in [9.17, 15) is 9.90 Å². The summed E-state index contributed by atoms with van der Waals surface area (Å²) in [4.78, 5) is 17.8. The van der Waals surface area contributed by atoms with Crippen LogP contribution < -0.4 is 0 Å². The van der Waals surface area contributed by atoms with Crippen LogP contribution in [0.1, 0.15) is 29.6 Å². The van der Waals surface area contributed by atoms with Gasteiger partial charge in [0.15, 0.2) is 0 Å². The average molecular weight is 255 g/mol. The number of hydrogen-bond donors (Lipinski definition) is 1. The summed E-state index contributed by atoms with van der Waals surface area (Å²) in [5, 5.41) is 10.00. The van der Waals surface area contributed by atoms with Crippen molar-refractivity contribution in [3.05, 3.63) is 29.0 Å². The fraction of sp³-hybridized carbons (Fsp3) is 0.500. The van der Waals surface area contributed by atoms with Gasteiger partial charge in [-0.1, -0.05) is 11.6 Å². The fourth-order valence-electron chi connectivity index (χ4n) is 1.99. The van der Waals surface area contributed by atoms with Crippen molar-refractivity contribution in [1.29, 1.82) is 0 Å². The first kappa shape index (κ1) is 12.3. The lowest BCUT2D eigenvalue weighted by Crippen LogP contribution is -2.32. The van der Waals surface area contributed by atoms with Gasteiger partial charge in [-0.25, -0.2) is 0 Å². The van der Waals surface area contributed by atoms with Gasteiger partial charge in [-0.3, -0.25) is 9.78 Å². The number of aromatic nitrogens is 1. The molecular formula is C12H15ClN2O2. The predicted molar refractivity (Wildman–Crippen MR) is 65.0 cm³/mol. The Morgan fingerprint density at radius 2 is 2.24 bits per heavy atom. The quantitative estimate of drug-likeness (QED) is 0.830. The molecule has 17 heavy (non-hydrogen) atoms. The minimum Gasteiger partial charge on any atom is -0.393 e. The van der Waals surface area contributed by atoms with E-state index in [4.69, 9.17) is 11.6 Å². The molecule has 4 nitrogen and oxygen atoms in total. The number of aliphatic hydroxyl groups is 1. The van der Waals surface area contributed by atoms with Crippen molar-refractivity contribution in [2.75, 3.05) is 13.1 Å². The predicted octanol–water partition coefficient (Wildman–Crippen LogP) is 1.72. The van der Waals surface area contributed by atoms with Gasteiger partial charge in [-0.15, -0.1) is 0 Å². The third kappa shape index (κ3) is 3.17. The third-order valence-electron chi connectivity index (χ3n) is 2.94. The summed E-state index contributed by atoms with van der Waals surface area (Å²) in [6, 6.07) is 1.62. The van der Waals surface area contributed by atoms with Gasteiger partial charge in [-0.2, -0.15) is 0 Å². The molecule has 1 unspecified atom stereocenters. The van der Waals surface area contributed by atoms with Crippen LogP contribution >= 0.6 is 11.6 Å². The standard InChI is InChI=1S/C12H15ClN2O2/c13-10-6-9(7-14-8-10)12(17)15-4-1-2-11(16)3-5-15/h6-8,11,16H,1-5H2. The molecule has 0 aliphatic carbocycles. The first-order valence-electron chi connectivity index (χ1n) is 5.74. The maximum Gasteiger partial charge on any atom is 0.255 e. The fourth-order valence-corrected chi connectivity index (χ4v) is 2.17. The molecule has 2 rings (SSSR count). The maximum atomic E-state index is 12.2. The molecule has 1 aliphatic rings. The highest BCUT2D eigenvalue weighted by Crippen LogP contribution is 2.15. The van der Waals surface area contributed by atoms with Gasteiger partial charge < -0.3 is 10.0 Å². The number of halogens is 1. The van der Waals surface area contributed by atoms with Gasteiger partial charge in [0.25, 0.3) is 5.91 Å². The third-order valence-corrected chi connectivity index (χ3v) is 3.14. The number of hydrogen-bond acceptors (Lipinski definition) is 3. The Bertz CT molecular complexity index is 411. The molecule has 1 N–H and O–H groups in total. The Morgan fingerprint density at radius 3 is 3.00 bits per heavy atom. The normalized spacial score (nSPS) is 21.1. The Labute approximate surface area is 105 Å². The summed E-state index contributed by atoms with van der Waals surface area (Å²) in [5.41, 5.74) is 0.508. The average Bonchev–Trinajstić information content (AvgIpc) is 2.53. The molecule has 2 heterocycles. The number of aliphatic hydroxyl groups excluding tert-OH is 1. The molecule has 0 spiro atoms. The number of amides is 1. The summed E-state index contributed by atoms with van der Waals surface area (Å²) in [7, 11) is 0. The molecule has 0 aromatic carbocycles. The molecule has 1 atom stereocenters. The van der Waals surface area contributed by atoms with E-state index in [-0.39, 0.29) is 12.0 Å².